The van der Waals surface area contributed by atoms with Gasteiger partial charge in [-0.05, 0) is 5.92 Å². The number of carbonyl (C=O) groups is 1. The molecule has 1 aromatic rings. The summed E-state index contributed by atoms with van der Waals surface area (Å²) in [5, 5.41) is 2.59. The normalized spacial score (nSPS) is 10.5. The first-order valence-corrected chi connectivity index (χ1v) is 5.36. The topological polar surface area (TPSA) is 64.0 Å². The van der Waals surface area contributed by atoms with Gasteiger partial charge >= 0.3 is 0 Å². The third-order valence-electron chi connectivity index (χ3n) is 1.89. The summed E-state index contributed by atoms with van der Waals surface area (Å²) < 4.78 is 1.23. The summed E-state index contributed by atoms with van der Waals surface area (Å²) in [6, 6.07) is 0. The van der Waals surface area contributed by atoms with Crippen LogP contribution in [0.3, 0.4) is 0 Å². The van der Waals surface area contributed by atoms with Gasteiger partial charge < -0.3 is 9.88 Å². The summed E-state index contributed by atoms with van der Waals surface area (Å²) in [7, 11) is 0. The second-order valence-electron chi connectivity index (χ2n) is 3.85. The van der Waals surface area contributed by atoms with Crippen molar-refractivity contribution in [2.45, 2.75) is 20.4 Å². The van der Waals surface area contributed by atoms with Crippen LogP contribution in [-0.4, -0.2) is 22.0 Å². The first kappa shape index (κ1) is 12.7. The maximum Gasteiger partial charge on any atom is 0.288 e. The monoisotopic (exact) mass is 243 g/mol. The van der Waals surface area contributed by atoms with E-state index in [-0.39, 0.29) is 17.6 Å². The zero-order valence-corrected chi connectivity index (χ0v) is 9.99. The van der Waals surface area contributed by atoms with E-state index in [1.807, 2.05) is 13.8 Å². The van der Waals surface area contributed by atoms with Gasteiger partial charge in [-0.1, -0.05) is 25.4 Å². The summed E-state index contributed by atoms with van der Waals surface area (Å²) in [4.78, 5) is 26.5. The van der Waals surface area contributed by atoms with E-state index in [0.29, 0.717) is 12.5 Å². The largest absolute Gasteiger partial charge is 0.354 e. The van der Waals surface area contributed by atoms with Gasteiger partial charge in [-0.3, -0.25) is 9.59 Å². The Kier molecular flexibility index (Phi) is 4.49. The van der Waals surface area contributed by atoms with E-state index in [1.165, 1.54) is 17.0 Å². The number of carbonyl (C=O) groups excluding carboxylic acids is 1. The zero-order valence-electron chi connectivity index (χ0n) is 9.24. The number of rotatable bonds is 4. The second kappa shape index (κ2) is 5.65. The highest BCUT2D eigenvalue weighted by Crippen LogP contribution is 1.93. The van der Waals surface area contributed by atoms with E-state index >= 15 is 0 Å². The smallest absolute Gasteiger partial charge is 0.288 e. The lowest BCUT2D eigenvalue weighted by Gasteiger charge is -2.08. The number of amides is 1. The summed E-state index contributed by atoms with van der Waals surface area (Å²) >= 11 is 5.55. The van der Waals surface area contributed by atoms with E-state index in [1.54, 1.807) is 0 Å². The standard InChI is InChI=1S/C10H14ClN3O2/c1-7(2)5-13-8(15)6-14-4-3-12-9(11)10(14)16/h3-4,7H,5-6H2,1-2H3,(H,13,15). The molecule has 1 N–H and O–H groups in total. The van der Waals surface area contributed by atoms with Gasteiger partial charge in [0.05, 0.1) is 0 Å². The van der Waals surface area contributed by atoms with Gasteiger partial charge in [0, 0.05) is 18.9 Å². The third-order valence-corrected chi connectivity index (χ3v) is 2.15. The molecule has 1 rings (SSSR count). The van der Waals surface area contributed by atoms with Crippen LogP contribution < -0.4 is 10.9 Å². The van der Waals surface area contributed by atoms with Crippen molar-refractivity contribution >= 4 is 17.5 Å². The molecule has 5 nitrogen and oxygen atoms in total. The first-order valence-electron chi connectivity index (χ1n) is 4.98. The Morgan fingerprint density at radius 3 is 2.94 bits per heavy atom. The van der Waals surface area contributed by atoms with Crippen LogP contribution in [0.1, 0.15) is 13.8 Å². The van der Waals surface area contributed by atoms with Crippen molar-refractivity contribution in [3.05, 3.63) is 27.9 Å². The van der Waals surface area contributed by atoms with Crippen LogP contribution in [0.2, 0.25) is 5.15 Å². The molecule has 1 amide bonds. The summed E-state index contributed by atoms with van der Waals surface area (Å²) in [6.45, 7) is 4.55. The minimum atomic E-state index is -0.455. The van der Waals surface area contributed by atoms with Crippen LogP contribution in [0.15, 0.2) is 17.2 Å². The highest BCUT2D eigenvalue weighted by Gasteiger charge is 2.06. The van der Waals surface area contributed by atoms with E-state index < -0.39 is 5.56 Å². The van der Waals surface area contributed by atoms with E-state index in [9.17, 15) is 9.59 Å². The molecule has 0 aliphatic rings. The Bertz CT molecular complexity index is 428. The summed E-state index contributed by atoms with van der Waals surface area (Å²) in [5.41, 5.74) is -0.455. The molecule has 0 atom stereocenters. The Labute approximate surface area is 98.4 Å². The number of halogens is 1. The lowest BCUT2D eigenvalue weighted by atomic mass is 10.2. The fourth-order valence-electron chi connectivity index (χ4n) is 1.07. The maximum absolute atomic E-state index is 11.4. The molecule has 16 heavy (non-hydrogen) atoms. The van der Waals surface area contributed by atoms with Crippen molar-refractivity contribution in [2.24, 2.45) is 5.92 Å². The average molecular weight is 244 g/mol. The van der Waals surface area contributed by atoms with Gasteiger partial charge in [0.15, 0.2) is 5.15 Å². The summed E-state index contributed by atoms with van der Waals surface area (Å²) in [5.74, 6) is 0.166. The fraction of sp³-hybridized carbons (Fsp3) is 0.500. The van der Waals surface area contributed by atoms with Crippen molar-refractivity contribution < 1.29 is 4.79 Å². The molecule has 0 saturated heterocycles. The van der Waals surface area contributed by atoms with Gasteiger partial charge in [-0.2, -0.15) is 0 Å². The summed E-state index contributed by atoms with van der Waals surface area (Å²) in [6.07, 6.45) is 2.82. The van der Waals surface area contributed by atoms with Crippen molar-refractivity contribution in [1.82, 2.24) is 14.9 Å². The number of hydrogen-bond donors (Lipinski definition) is 1. The Balaban J connectivity index is 2.63. The Morgan fingerprint density at radius 1 is 1.62 bits per heavy atom. The molecule has 6 heteroatoms. The van der Waals surface area contributed by atoms with Crippen LogP contribution in [0.5, 0.6) is 0 Å². The minimum absolute atomic E-state index is 0.0339. The second-order valence-corrected chi connectivity index (χ2v) is 4.21. The van der Waals surface area contributed by atoms with Crippen LogP contribution >= 0.6 is 11.6 Å². The van der Waals surface area contributed by atoms with Crippen molar-refractivity contribution in [3.8, 4) is 0 Å². The molecular formula is C10H14ClN3O2. The van der Waals surface area contributed by atoms with Gasteiger partial charge in [-0.25, -0.2) is 4.98 Å². The Morgan fingerprint density at radius 2 is 2.31 bits per heavy atom. The van der Waals surface area contributed by atoms with Crippen LogP contribution in [-0.2, 0) is 11.3 Å². The van der Waals surface area contributed by atoms with Crippen LogP contribution in [0, 0.1) is 5.92 Å². The molecule has 0 unspecified atom stereocenters. The van der Waals surface area contributed by atoms with Gasteiger partial charge in [0.1, 0.15) is 6.54 Å². The molecule has 0 bridgehead atoms. The number of nitrogens with zero attached hydrogens (tertiary/aromatic N) is 2. The minimum Gasteiger partial charge on any atom is -0.354 e. The first-order chi connectivity index (χ1) is 7.50. The molecule has 1 heterocycles. The van der Waals surface area contributed by atoms with Crippen molar-refractivity contribution in [1.29, 1.82) is 0 Å². The number of aromatic nitrogens is 2. The molecule has 1 aromatic heterocycles. The predicted octanol–water partition coefficient (Wildman–Crippen LogP) is 0.669. The van der Waals surface area contributed by atoms with Crippen molar-refractivity contribution in [3.63, 3.8) is 0 Å². The van der Waals surface area contributed by atoms with Gasteiger partial charge in [0.25, 0.3) is 5.56 Å². The average Bonchev–Trinajstić information content (AvgIpc) is 2.22. The molecule has 88 valence electrons. The molecular weight excluding hydrogens is 230 g/mol. The highest BCUT2D eigenvalue weighted by atomic mass is 35.5. The molecule has 0 aliphatic heterocycles. The quantitative estimate of drug-likeness (QED) is 0.845. The number of nitrogens with one attached hydrogen (secondary N) is 1. The van der Waals surface area contributed by atoms with Gasteiger partial charge in [0.2, 0.25) is 5.91 Å². The fourth-order valence-corrected chi connectivity index (χ4v) is 1.24. The van der Waals surface area contributed by atoms with E-state index in [2.05, 4.69) is 10.3 Å². The molecule has 0 saturated carbocycles. The molecule has 0 fully saturated rings. The molecule has 0 aromatic carbocycles. The lowest BCUT2D eigenvalue weighted by molar-refractivity contribution is -0.121. The van der Waals surface area contributed by atoms with Crippen molar-refractivity contribution in [2.75, 3.05) is 6.54 Å². The third kappa shape index (κ3) is 3.66. The zero-order chi connectivity index (χ0) is 12.1. The van der Waals surface area contributed by atoms with Gasteiger partial charge in [-0.15, -0.1) is 0 Å². The molecule has 0 aliphatic carbocycles. The predicted molar refractivity (Wildman–Crippen MR) is 61.4 cm³/mol. The highest BCUT2D eigenvalue weighted by molar-refractivity contribution is 6.29. The molecule has 0 radical (unpaired) electrons. The Hall–Kier alpha value is -1.36. The number of hydrogen-bond acceptors (Lipinski definition) is 3. The maximum atomic E-state index is 11.4. The molecule has 0 spiro atoms. The SMILES string of the molecule is CC(C)CNC(=O)Cn1ccnc(Cl)c1=O. The van der Waals surface area contributed by atoms with Crippen LogP contribution in [0.4, 0.5) is 0 Å². The van der Waals surface area contributed by atoms with Crippen LogP contribution in [0.25, 0.3) is 0 Å². The van der Waals surface area contributed by atoms with E-state index in [0.717, 1.165) is 0 Å². The van der Waals surface area contributed by atoms with E-state index in [4.69, 9.17) is 11.6 Å². The lowest BCUT2D eigenvalue weighted by Crippen LogP contribution is -2.34.